The second kappa shape index (κ2) is 5.82. The fourth-order valence-electron chi connectivity index (χ4n) is 2.28. The van der Waals surface area contributed by atoms with Crippen LogP contribution in [0.15, 0.2) is 18.2 Å². The molecular weight excluding hydrogens is 230 g/mol. The van der Waals surface area contributed by atoms with Crippen molar-refractivity contribution in [1.29, 1.82) is 0 Å². The van der Waals surface area contributed by atoms with Crippen molar-refractivity contribution in [2.24, 2.45) is 0 Å². The number of anilines is 1. The van der Waals surface area contributed by atoms with Crippen LogP contribution < -0.4 is 5.32 Å². The maximum atomic E-state index is 10.8. The largest absolute Gasteiger partial charge is 0.477 e. The summed E-state index contributed by atoms with van der Waals surface area (Å²) in [6.45, 7) is 5.38. The van der Waals surface area contributed by atoms with Crippen LogP contribution in [0.2, 0.25) is 0 Å². The highest BCUT2D eigenvalue weighted by Crippen LogP contribution is 2.11. The number of hydrogen-bond donors (Lipinski definition) is 2. The molecule has 98 valence electrons. The maximum Gasteiger partial charge on any atom is 0.354 e. The van der Waals surface area contributed by atoms with Crippen molar-refractivity contribution in [2.75, 3.05) is 25.0 Å². The van der Waals surface area contributed by atoms with Crippen LogP contribution in [0.3, 0.4) is 0 Å². The van der Waals surface area contributed by atoms with Crippen LogP contribution in [0.25, 0.3) is 0 Å². The molecule has 0 aromatic carbocycles. The standard InChI is InChI=1S/C13H19N3O2/c1-10(9-16-7-2-3-8-16)14-12-6-4-5-11(15-12)13(17)18/h4-6,10H,2-3,7-9H2,1H3,(H,14,15)(H,17,18). The van der Waals surface area contributed by atoms with Gasteiger partial charge in [0.15, 0.2) is 5.69 Å². The molecule has 0 bridgehead atoms. The number of nitrogens with one attached hydrogen (secondary N) is 1. The van der Waals surface area contributed by atoms with Gasteiger partial charge in [-0.2, -0.15) is 0 Å². The van der Waals surface area contributed by atoms with E-state index in [1.807, 2.05) is 0 Å². The average molecular weight is 249 g/mol. The number of nitrogens with zero attached hydrogens (tertiary/aromatic N) is 2. The predicted octanol–water partition coefficient (Wildman–Crippen LogP) is 1.68. The third-order valence-corrected chi connectivity index (χ3v) is 3.09. The van der Waals surface area contributed by atoms with Crippen molar-refractivity contribution >= 4 is 11.8 Å². The van der Waals surface area contributed by atoms with Gasteiger partial charge in [0.05, 0.1) is 0 Å². The molecule has 0 spiro atoms. The summed E-state index contributed by atoms with van der Waals surface area (Å²) < 4.78 is 0. The van der Waals surface area contributed by atoms with Crippen LogP contribution in [0.1, 0.15) is 30.3 Å². The lowest BCUT2D eigenvalue weighted by atomic mass is 10.3. The van der Waals surface area contributed by atoms with E-state index in [1.54, 1.807) is 12.1 Å². The molecular formula is C13H19N3O2. The first-order chi connectivity index (χ1) is 8.65. The minimum absolute atomic E-state index is 0.0772. The number of likely N-dealkylation sites (tertiary alicyclic amines) is 1. The lowest BCUT2D eigenvalue weighted by Gasteiger charge is -2.21. The lowest BCUT2D eigenvalue weighted by molar-refractivity contribution is 0.0690. The van der Waals surface area contributed by atoms with Crippen LogP contribution in [0.5, 0.6) is 0 Å². The van der Waals surface area contributed by atoms with E-state index in [-0.39, 0.29) is 11.7 Å². The molecule has 0 radical (unpaired) electrons. The van der Waals surface area contributed by atoms with Crippen molar-refractivity contribution in [3.63, 3.8) is 0 Å². The molecule has 1 aromatic heterocycles. The van der Waals surface area contributed by atoms with Crippen molar-refractivity contribution in [3.8, 4) is 0 Å². The van der Waals surface area contributed by atoms with Gasteiger partial charge in [0.1, 0.15) is 5.82 Å². The van der Waals surface area contributed by atoms with E-state index in [0.717, 1.165) is 19.6 Å². The van der Waals surface area contributed by atoms with Crippen LogP contribution in [-0.2, 0) is 0 Å². The number of hydrogen-bond acceptors (Lipinski definition) is 4. The van der Waals surface area contributed by atoms with Crippen LogP contribution in [0, 0.1) is 0 Å². The van der Waals surface area contributed by atoms with E-state index in [1.165, 1.54) is 18.9 Å². The van der Waals surface area contributed by atoms with Gasteiger partial charge in [-0.25, -0.2) is 9.78 Å². The Hall–Kier alpha value is -1.62. The van der Waals surface area contributed by atoms with E-state index in [9.17, 15) is 4.79 Å². The molecule has 1 aromatic rings. The molecule has 1 atom stereocenters. The third kappa shape index (κ3) is 3.43. The molecule has 1 aliphatic rings. The van der Waals surface area contributed by atoms with Gasteiger partial charge in [0.2, 0.25) is 0 Å². The predicted molar refractivity (Wildman–Crippen MR) is 70.0 cm³/mol. The Morgan fingerprint density at radius 1 is 1.50 bits per heavy atom. The molecule has 2 rings (SSSR count). The molecule has 1 unspecified atom stereocenters. The number of rotatable bonds is 5. The second-order valence-electron chi connectivity index (χ2n) is 4.77. The molecule has 1 saturated heterocycles. The van der Waals surface area contributed by atoms with E-state index in [2.05, 4.69) is 22.1 Å². The molecule has 5 nitrogen and oxygen atoms in total. The minimum Gasteiger partial charge on any atom is -0.477 e. The number of carboxylic acids is 1. The first-order valence-electron chi connectivity index (χ1n) is 6.34. The van der Waals surface area contributed by atoms with E-state index >= 15 is 0 Å². The Morgan fingerprint density at radius 3 is 2.89 bits per heavy atom. The average Bonchev–Trinajstić information content (AvgIpc) is 2.82. The summed E-state index contributed by atoms with van der Waals surface area (Å²) >= 11 is 0. The molecule has 0 aliphatic carbocycles. The van der Waals surface area contributed by atoms with Crippen LogP contribution in [0.4, 0.5) is 5.82 Å². The molecule has 0 amide bonds. The van der Waals surface area contributed by atoms with Crippen molar-refractivity contribution in [2.45, 2.75) is 25.8 Å². The monoisotopic (exact) mass is 249 g/mol. The SMILES string of the molecule is CC(CN1CCCC1)Nc1cccc(C(=O)O)n1. The smallest absolute Gasteiger partial charge is 0.354 e. The van der Waals surface area contributed by atoms with Gasteiger partial charge in [-0.3, -0.25) is 0 Å². The zero-order valence-corrected chi connectivity index (χ0v) is 10.6. The van der Waals surface area contributed by atoms with Gasteiger partial charge in [0.25, 0.3) is 0 Å². The van der Waals surface area contributed by atoms with Crippen molar-refractivity contribution in [1.82, 2.24) is 9.88 Å². The summed E-state index contributed by atoms with van der Waals surface area (Å²) in [5.74, 6) is -0.368. The van der Waals surface area contributed by atoms with E-state index < -0.39 is 5.97 Å². The molecule has 1 aliphatic heterocycles. The fraction of sp³-hybridized carbons (Fsp3) is 0.538. The fourth-order valence-corrected chi connectivity index (χ4v) is 2.28. The Morgan fingerprint density at radius 2 is 2.22 bits per heavy atom. The van der Waals surface area contributed by atoms with Crippen LogP contribution in [-0.4, -0.2) is 46.6 Å². The van der Waals surface area contributed by atoms with Gasteiger partial charge < -0.3 is 15.3 Å². The summed E-state index contributed by atoms with van der Waals surface area (Å²) in [7, 11) is 0. The van der Waals surface area contributed by atoms with Gasteiger partial charge in [-0.1, -0.05) is 6.07 Å². The van der Waals surface area contributed by atoms with Gasteiger partial charge >= 0.3 is 5.97 Å². The third-order valence-electron chi connectivity index (χ3n) is 3.09. The molecule has 1 fully saturated rings. The zero-order chi connectivity index (χ0) is 13.0. The van der Waals surface area contributed by atoms with Crippen LogP contribution >= 0.6 is 0 Å². The highest BCUT2D eigenvalue weighted by molar-refractivity contribution is 5.85. The Labute approximate surface area is 107 Å². The Kier molecular flexibility index (Phi) is 4.15. The summed E-state index contributed by atoms with van der Waals surface area (Å²) in [5, 5.41) is 12.1. The summed E-state index contributed by atoms with van der Waals surface area (Å²) in [6.07, 6.45) is 2.55. The first-order valence-corrected chi connectivity index (χ1v) is 6.34. The highest BCUT2D eigenvalue weighted by Gasteiger charge is 2.15. The van der Waals surface area contributed by atoms with Gasteiger partial charge in [0, 0.05) is 12.6 Å². The minimum atomic E-state index is -0.995. The summed E-state index contributed by atoms with van der Waals surface area (Å²) in [5.41, 5.74) is 0.0772. The molecule has 18 heavy (non-hydrogen) atoms. The van der Waals surface area contributed by atoms with E-state index in [0.29, 0.717) is 5.82 Å². The molecule has 0 saturated carbocycles. The van der Waals surface area contributed by atoms with Crippen molar-refractivity contribution < 1.29 is 9.90 Å². The summed E-state index contributed by atoms with van der Waals surface area (Å²) in [4.78, 5) is 17.3. The van der Waals surface area contributed by atoms with Gasteiger partial charge in [-0.15, -0.1) is 0 Å². The Bertz CT molecular complexity index is 416. The van der Waals surface area contributed by atoms with Gasteiger partial charge in [-0.05, 0) is 45.0 Å². The zero-order valence-electron chi connectivity index (χ0n) is 10.6. The molecule has 2 heterocycles. The summed E-state index contributed by atoms with van der Waals surface area (Å²) in [6, 6.07) is 5.27. The second-order valence-corrected chi connectivity index (χ2v) is 4.77. The molecule has 2 N–H and O–H groups in total. The Balaban J connectivity index is 1.91. The number of carbonyl (C=O) groups is 1. The normalized spacial score (nSPS) is 17.6. The highest BCUT2D eigenvalue weighted by atomic mass is 16.4. The number of aromatic carboxylic acids is 1. The first kappa shape index (κ1) is 12.8. The maximum absolute atomic E-state index is 10.8. The van der Waals surface area contributed by atoms with Crippen molar-refractivity contribution in [3.05, 3.63) is 23.9 Å². The van der Waals surface area contributed by atoms with E-state index in [4.69, 9.17) is 5.11 Å². The number of carboxylic acid groups (broad SMARTS) is 1. The number of pyridine rings is 1. The topological polar surface area (TPSA) is 65.5 Å². The number of aromatic nitrogens is 1. The lowest BCUT2D eigenvalue weighted by Crippen LogP contribution is -2.33. The quantitative estimate of drug-likeness (QED) is 0.831. The molecule has 5 heteroatoms.